The van der Waals surface area contributed by atoms with Crippen molar-refractivity contribution in [2.75, 3.05) is 0 Å². The zero-order chi connectivity index (χ0) is 12.4. The van der Waals surface area contributed by atoms with Crippen LogP contribution in [-0.2, 0) is 0 Å². The van der Waals surface area contributed by atoms with Crippen molar-refractivity contribution in [3.05, 3.63) is 58.6 Å². The van der Waals surface area contributed by atoms with E-state index in [2.05, 4.69) is 0 Å². The average molecular weight is 253 g/mol. The molecule has 0 saturated carbocycles. The fraction of sp³-hybridized carbons (Fsp3) is 0. The number of aldehydes is 1. The number of hydrogen-bond donors (Lipinski definition) is 0. The van der Waals surface area contributed by atoms with Gasteiger partial charge in [-0.25, -0.2) is 8.78 Å². The van der Waals surface area contributed by atoms with Gasteiger partial charge in [-0.2, -0.15) is 0 Å². The first-order valence-electron chi connectivity index (χ1n) is 4.82. The Kier molecular flexibility index (Phi) is 3.20. The highest BCUT2D eigenvalue weighted by atomic mass is 35.5. The Morgan fingerprint density at radius 3 is 2.35 bits per heavy atom. The summed E-state index contributed by atoms with van der Waals surface area (Å²) in [6.07, 6.45) is 0.455. The third-order valence-electron chi connectivity index (χ3n) is 2.38. The lowest BCUT2D eigenvalue weighted by Gasteiger charge is -2.06. The summed E-state index contributed by atoms with van der Waals surface area (Å²) in [5, 5.41) is 0.0969. The summed E-state index contributed by atoms with van der Waals surface area (Å²) in [5.74, 6) is -1.22. The summed E-state index contributed by atoms with van der Waals surface area (Å²) in [7, 11) is 0. The molecule has 2 rings (SSSR count). The number of halogens is 3. The molecule has 0 atom stereocenters. The number of hydrogen-bond acceptors (Lipinski definition) is 1. The summed E-state index contributed by atoms with van der Waals surface area (Å²) >= 11 is 5.78. The van der Waals surface area contributed by atoms with Gasteiger partial charge < -0.3 is 0 Å². The van der Waals surface area contributed by atoms with Crippen molar-refractivity contribution in [1.82, 2.24) is 0 Å². The van der Waals surface area contributed by atoms with Crippen LogP contribution in [0.25, 0.3) is 11.1 Å². The molecule has 17 heavy (non-hydrogen) atoms. The number of benzene rings is 2. The van der Waals surface area contributed by atoms with Gasteiger partial charge in [0.25, 0.3) is 0 Å². The van der Waals surface area contributed by atoms with E-state index in [0.29, 0.717) is 6.29 Å². The van der Waals surface area contributed by atoms with Crippen molar-refractivity contribution in [2.24, 2.45) is 0 Å². The van der Waals surface area contributed by atoms with Crippen molar-refractivity contribution in [3.8, 4) is 11.1 Å². The summed E-state index contributed by atoms with van der Waals surface area (Å²) in [6.45, 7) is 0. The Morgan fingerprint density at radius 1 is 1.00 bits per heavy atom. The van der Waals surface area contributed by atoms with E-state index in [-0.39, 0.29) is 21.7 Å². The van der Waals surface area contributed by atoms with Crippen molar-refractivity contribution >= 4 is 17.9 Å². The quantitative estimate of drug-likeness (QED) is 0.736. The van der Waals surface area contributed by atoms with E-state index < -0.39 is 11.6 Å². The molecule has 0 saturated heterocycles. The maximum absolute atomic E-state index is 13.7. The monoisotopic (exact) mass is 252 g/mol. The third kappa shape index (κ3) is 2.19. The molecular formula is C13H7ClF2O. The van der Waals surface area contributed by atoms with E-state index in [4.69, 9.17) is 11.6 Å². The molecule has 86 valence electrons. The highest BCUT2D eigenvalue weighted by Gasteiger charge is 2.12. The van der Waals surface area contributed by atoms with Gasteiger partial charge >= 0.3 is 0 Å². The van der Waals surface area contributed by atoms with Crippen molar-refractivity contribution in [1.29, 1.82) is 0 Å². The number of carbonyl (C=O) groups excluding carboxylic acids is 1. The van der Waals surface area contributed by atoms with Gasteiger partial charge in [-0.3, -0.25) is 4.79 Å². The summed E-state index contributed by atoms with van der Waals surface area (Å²) in [4.78, 5) is 10.6. The van der Waals surface area contributed by atoms with Crippen molar-refractivity contribution < 1.29 is 13.6 Å². The molecule has 0 amide bonds. The molecule has 0 N–H and O–H groups in total. The summed E-state index contributed by atoms with van der Waals surface area (Å²) < 4.78 is 27.2. The van der Waals surface area contributed by atoms with E-state index in [9.17, 15) is 13.6 Å². The first-order valence-corrected chi connectivity index (χ1v) is 5.20. The lowest BCUT2D eigenvalue weighted by Crippen LogP contribution is -1.92. The first kappa shape index (κ1) is 11.7. The van der Waals surface area contributed by atoms with E-state index in [1.807, 2.05) is 0 Å². The molecule has 2 aromatic carbocycles. The largest absolute Gasteiger partial charge is 0.298 e. The SMILES string of the molecule is O=Cc1cc(F)c(-c2ccccc2F)cc1Cl. The molecule has 0 fully saturated rings. The van der Waals surface area contributed by atoms with Crippen LogP contribution in [-0.4, -0.2) is 6.29 Å². The Labute approximate surface area is 102 Å². The van der Waals surface area contributed by atoms with E-state index >= 15 is 0 Å². The molecule has 0 heterocycles. The minimum atomic E-state index is -0.679. The minimum absolute atomic E-state index is 0.0405. The fourth-order valence-electron chi connectivity index (χ4n) is 1.54. The van der Waals surface area contributed by atoms with Crippen LogP contribution in [0.15, 0.2) is 36.4 Å². The molecule has 0 spiro atoms. The molecule has 0 bridgehead atoms. The molecule has 0 aromatic heterocycles. The van der Waals surface area contributed by atoms with Crippen LogP contribution in [0.2, 0.25) is 5.02 Å². The van der Waals surface area contributed by atoms with E-state index in [1.54, 1.807) is 6.07 Å². The van der Waals surface area contributed by atoms with Gasteiger partial charge in [0.05, 0.1) is 5.02 Å². The van der Waals surface area contributed by atoms with Crippen LogP contribution in [0.5, 0.6) is 0 Å². The van der Waals surface area contributed by atoms with Gasteiger partial charge in [0.15, 0.2) is 6.29 Å². The Bertz CT molecular complexity index is 582. The molecule has 0 aliphatic heterocycles. The third-order valence-corrected chi connectivity index (χ3v) is 2.70. The highest BCUT2D eigenvalue weighted by molar-refractivity contribution is 6.33. The van der Waals surface area contributed by atoms with Crippen molar-refractivity contribution in [2.45, 2.75) is 0 Å². The molecule has 0 radical (unpaired) electrons. The fourth-order valence-corrected chi connectivity index (χ4v) is 1.75. The normalized spacial score (nSPS) is 10.3. The molecule has 2 aromatic rings. The zero-order valence-corrected chi connectivity index (χ0v) is 9.34. The molecular weight excluding hydrogens is 246 g/mol. The Balaban J connectivity index is 2.65. The highest BCUT2D eigenvalue weighted by Crippen LogP contribution is 2.29. The van der Waals surface area contributed by atoms with Gasteiger partial charge in [-0.05, 0) is 18.2 Å². The molecule has 0 aliphatic rings. The van der Waals surface area contributed by atoms with Crippen molar-refractivity contribution in [3.63, 3.8) is 0 Å². The van der Waals surface area contributed by atoms with E-state index in [1.165, 1.54) is 24.3 Å². The standard InChI is InChI=1S/C13H7ClF2O/c14-11-6-10(13(16)5-8(11)7-17)9-3-1-2-4-12(9)15/h1-7H. The van der Waals surface area contributed by atoms with Gasteiger partial charge in [-0.15, -0.1) is 0 Å². The Hall–Kier alpha value is -1.74. The van der Waals surface area contributed by atoms with Crippen LogP contribution in [0.1, 0.15) is 10.4 Å². The zero-order valence-electron chi connectivity index (χ0n) is 8.58. The van der Waals surface area contributed by atoms with Gasteiger partial charge in [0.1, 0.15) is 11.6 Å². The molecule has 0 unspecified atom stereocenters. The van der Waals surface area contributed by atoms with E-state index in [0.717, 1.165) is 6.07 Å². The second-order valence-electron chi connectivity index (χ2n) is 3.45. The van der Waals surface area contributed by atoms with Crippen LogP contribution in [0, 0.1) is 11.6 Å². The topological polar surface area (TPSA) is 17.1 Å². The van der Waals surface area contributed by atoms with Crippen LogP contribution in [0.4, 0.5) is 8.78 Å². The number of rotatable bonds is 2. The molecule has 4 heteroatoms. The van der Waals surface area contributed by atoms with Crippen LogP contribution >= 0.6 is 11.6 Å². The van der Waals surface area contributed by atoms with Gasteiger partial charge in [0.2, 0.25) is 0 Å². The van der Waals surface area contributed by atoms with Gasteiger partial charge in [0, 0.05) is 16.7 Å². The molecule has 1 nitrogen and oxygen atoms in total. The second-order valence-corrected chi connectivity index (χ2v) is 3.86. The predicted molar refractivity (Wildman–Crippen MR) is 62.2 cm³/mol. The smallest absolute Gasteiger partial charge is 0.151 e. The minimum Gasteiger partial charge on any atom is -0.298 e. The molecule has 0 aliphatic carbocycles. The first-order chi connectivity index (χ1) is 8.13. The van der Waals surface area contributed by atoms with Crippen LogP contribution < -0.4 is 0 Å². The lowest BCUT2D eigenvalue weighted by molar-refractivity contribution is 0.112. The second kappa shape index (κ2) is 4.63. The summed E-state index contributed by atoms with van der Waals surface area (Å²) in [6, 6.07) is 8.04. The Morgan fingerprint density at radius 2 is 1.71 bits per heavy atom. The maximum Gasteiger partial charge on any atom is 0.151 e. The van der Waals surface area contributed by atoms with Gasteiger partial charge in [-0.1, -0.05) is 29.8 Å². The predicted octanol–water partition coefficient (Wildman–Crippen LogP) is 4.10. The van der Waals surface area contributed by atoms with Crippen LogP contribution in [0.3, 0.4) is 0 Å². The lowest BCUT2D eigenvalue weighted by atomic mass is 10.0. The maximum atomic E-state index is 13.7. The average Bonchev–Trinajstić information content (AvgIpc) is 2.32. The number of carbonyl (C=O) groups is 1. The summed E-state index contributed by atoms with van der Waals surface area (Å²) in [5.41, 5.74) is 0.201.